The fourth-order valence-electron chi connectivity index (χ4n) is 2.39. The van der Waals surface area contributed by atoms with Crippen molar-refractivity contribution in [2.75, 3.05) is 26.7 Å². The predicted octanol–water partition coefficient (Wildman–Crippen LogP) is 2.73. The Hall–Kier alpha value is -1.08. The van der Waals surface area contributed by atoms with Gasteiger partial charge in [0.05, 0.1) is 11.8 Å². The van der Waals surface area contributed by atoms with E-state index in [4.69, 9.17) is 16.1 Å². The van der Waals surface area contributed by atoms with Gasteiger partial charge in [-0.05, 0) is 24.7 Å². The highest BCUT2D eigenvalue weighted by molar-refractivity contribution is 7.97. The van der Waals surface area contributed by atoms with Crippen molar-refractivity contribution in [2.45, 2.75) is 17.5 Å². The Morgan fingerprint density at radius 1 is 1.36 bits per heavy atom. The molecule has 1 N–H and O–H groups in total. The van der Waals surface area contributed by atoms with Gasteiger partial charge in [0.1, 0.15) is 0 Å². The second kappa shape index (κ2) is 7.46. The molecule has 1 unspecified atom stereocenters. The van der Waals surface area contributed by atoms with Crippen molar-refractivity contribution < 1.29 is 4.52 Å². The fraction of sp³-hybridized carbons (Fsp3) is 0.467. The maximum absolute atomic E-state index is 5.88. The van der Waals surface area contributed by atoms with E-state index in [2.05, 4.69) is 27.4 Å². The first-order chi connectivity index (χ1) is 10.7. The molecule has 0 radical (unpaired) electrons. The standard InChI is InChI=1S/C15H19ClN4OS/c1-20-7-6-17-8-13(20)15-18-14(21-19-15)10-22-9-11-2-4-12(16)5-3-11/h2-5,13,17H,6-10H2,1H3. The average molecular weight is 339 g/mol. The predicted molar refractivity (Wildman–Crippen MR) is 89.0 cm³/mol. The van der Waals surface area contributed by atoms with Gasteiger partial charge >= 0.3 is 0 Å². The van der Waals surface area contributed by atoms with Gasteiger partial charge in [0.15, 0.2) is 5.82 Å². The van der Waals surface area contributed by atoms with E-state index in [1.54, 1.807) is 11.8 Å². The van der Waals surface area contributed by atoms with Crippen LogP contribution in [0.3, 0.4) is 0 Å². The quantitative estimate of drug-likeness (QED) is 0.904. The summed E-state index contributed by atoms with van der Waals surface area (Å²) < 4.78 is 5.37. The Bertz CT molecular complexity index is 604. The molecular formula is C15H19ClN4OS. The van der Waals surface area contributed by atoms with Crippen molar-refractivity contribution in [3.8, 4) is 0 Å². The zero-order valence-electron chi connectivity index (χ0n) is 12.5. The Morgan fingerprint density at radius 3 is 2.95 bits per heavy atom. The summed E-state index contributed by atoms with van der Waals surface area (Å²) in [6, 6.07) is 8.10. The van der Waals surface area contributed by atoms with Crippen LogP contribution in [0, 0.1) is 0 Å². The number of aromatic nitrogens is 2. The lowest BCUT2D eigenvalue weighted by Crippen LogP contribution is -2.44. The summed E-state index contributed by atoms with van der Waals surface area (Å²) in [7, 11) is 2.09. The average Bonchev–Trinajstić information content (AvgIpc) is 2.98. The van der Waals surface area contributed by atoms with Gasteiger partial charge in [-0.2, -0.15) is 4.98 Å². The van der Waals surface area contributed by atoms with Gasteiger partial charge < -0.3 is 9.84 Å². The van der Waals surface area contributed by atoms with Crippen LogP contribution in [0.15, 0.2) is 28.8 Å². The van der Waals surface area contributed by atoms with Crippen LogP contribution in [0.4, 0.5) is 0 Å². The van der Waals surface area contributed by atoms with Gasteiger partial charge in [-0.15, -0.1) is 11.8 Å². The van der Waals surface area contributed by atoms with Crippen LogP contribution >= 0.6 is 23.4 Å². The molecule has 0 amide bonds. The first kappa shape index (κ1) is 15.8. The van der Waals surface area contributed by atoms with Crippen LogP contribution in [0.1, 0.15) is 23.3 Å². The molecule has 5 nitrogen and oxygen atoms in total. The van der Waals surface area contributed by atoms with Gasteiger partial charge in [-0.3, -0.25) is 4.90 Å². The van der Waals surface area contributed by atoms with E-state index in [0.29, 0.717) is 5.89 Å². The van der Waals surface area contributed by atoms with Crippen LogP contribution < -0.4 is 5.32 Å². The van der Waals surface area contributed by atoms with Crippen molar-refractivity contribution >= 4 is 23.4 Å². The normalized spacial score (nSPS) is 19.5. The largest absolute Gasteiger partial charge is 0.338 e. The van der Waals surface area contributed by atoms with Crippen molar-refractivity contribution in [3.05, 3.63) is 46.6 Å². The molecule has 7 heteroatoms. The van der Waals surface area contributed by atoms with Crippen LogP contribution in [-0.2, 0) is 11.5 Å². The SMILES string of the molecule is CN1CCNCC1c1noc(CSCc2ccc(Cl)cc2)n1. The van der Waals surface area contributed by atoms with E-state index in [9.17, 15) is 0 Å². The molecule has 0 saturated carbocycles. The molecule has 0 aliphatic carbocycles. The number of nitrogens with one attached hydrogen (secondary N) is 1. The monoisotopic (exact) mass is 338 g/mol. The lowest BCUT2D eigenvalue weighted by Gasteiger charge is -2.30. The minimum atomic E-state index is 0.201. The Labute approximate surface area is 139 Å². The molecule has 1 aliphatic rings. The fourth-order valence-corrected chi connectivity index (χ4v) is 3.34. The summed E-state index contributed by atoms with van der Waals surface area (Å²) in [6.07, 6.45) is 0. The van der Waals surface area contributed by atoms with Crippen molar-refractivity contribution in [3.63, 3.8) is 0 Å². The Morgan fingerprint density at radius 2 is 2.18 bits per heavy atom. The summed E-state index contributed by atoms with van der Waals surface area (Å²) in [5, 5.41) is 8.26. The third kappa shape index (κ3) is 4.01. The van der Waals surface area contributed by atoms with E-state index in [0.717, 1.165) is 42.0 Å². The molecular weight excluding hydrogens is 320 g/mol. The highest BCUT2D eigenvalue weighted by Crippen LogP contribution is 2.21. The number of hydrogen-bond acceptors (Lipinski definition) is 6. The Balaban J connectivity index is 1.52. The summed E-state index contributed by atoms with van der Waals surface area (Å²) in [6.45, 7) is 2.88. The number of piperazine rings is 1. The number of rotatable bonds is 5. The van der Waals surface area contributed by atoms with Crippen LogP contribution in [-0.4, -0.2) is 41.7 Å². The van der Waals surface area contributed by atoms with E-state index in [1.165, 1.54) is 5.56 Å². The molecule has 0 spiro atoms. The van der Waals surface area contributed by atoms with Gasteiger partial charge in [-0.1, -0.05) is 28.9 Å². The molecule has 1 aromatic heterocycles. The van der Waals surface area contributed by atoms with Gasteiger partial charge in [0.2, 0.25) is 5.89 Å². The first-order valence-corrected chi connectivity index (χ1v) is 8.81. The minimum Gasteiger partial charge on any atom is -0.338 e. The maximum atomic E-state index is 5.88. The second-order valence-corrected chi connectivity index (χ2v) is 6.79. The van der Waals surface area contributed by atoms with Crippen molar-refractivity contribution in [1.82, 2.24) is 20.4 Å². The summed E-state index contributed by atoms with van der Waals surface area (Å²) >= 11 is 7.64. The van der Waals surface area contributed by atoms with Gasteiger partial charge in [0.25, 0.3) is 0 Å². The third-order valence-electron chi connectivity index (χ3n) is 3.70. The number of thioether (sulfide) groups is 1. The van der Waals surface area contributed by atoms with Crippen LogP contribution in [0.2, 0.25) is 5.02 Å². The smallest absolute Gasteiger partial charge is 0.236 e. The van der Waals surface area contributed by atoms with E-state index < -0.39 is 0 Å². The molecule has 2 aromatic rings. The number of nitrogens with zero attached hydrogens (tertiary/aromatic N) is 3. The van der Waals surface area contributed by atoms with Crippen LogP contribution in [0.5, 0.6) is 0 Å². The van der Waals surface area contributed by atoms with Crippen molar-refractivity contribution in [2.24, 2.45) is 0 Å². The number of halogens is 1. The molecule has 1 fully saturated rings. The number of hydrogen-bond donors (Lipinski definition) is 1. The first-order valence-electron chi connectivity index (χ1n) is 7.28. The molecule has 118 valence electrons. The molecule has 2 heterocycles. The highest BCUT2D eigenvalue weighted by atomic mass is 35.5. The summed E-state index contributed by atoms with van der Waals surface area (Å²) in [5.41, 5.74) is 1.24. The summed E-state index contributed by atoms with van der Waals surface area (Å²) in [5.74, 6) is 3.09. The Kier molecular flexibility index (Phi) is 5.36. The topological polar surface area (TPSA) is 54.2 Å². The van der Waals surface area contributed by atoms with Crippen molar-refractivity contribution in [1.29, 1.82) is 0 Å². The molecule has 22 heavy (non-hydrogen) atoms. The molecule has 1 saturated heterocycles. The number of likely N-dealkylation sites (N-methyl/N-ethyl adjacent to an activating group) is 1. The molecule has 1 atom stereocenters. The van der Waals surface area contributed by atoms with Gasteiger partial charge in [-0.25, -0.2) is 0 Å². The minimum absolute atomic E-state index is 0.201. The maximum Gasteiger partial charge on any atom is 0.236 e. The zero-order valence-corrected chi connectivity index (χ0v) is 14.0. The number of benzene rings is 1. The second-order valence-electron chi connectivity index (χ2n) is 5.37. The zero-order chi connectivity index (χ0) is 15.4. The van der Waals surface area contributed by atoms with E-state index in [1.807, 2.05) is 24.3 Å². The van der Waals surface area contributed by atoms with Gasteiger partial charge in [0, 0.05) is 30.4 Å². The summed E-state index contributed by atoms with van der Waals surface area (Å²) in [4.78, 5) is 6.78. The lowest BCUT2D eigenvalue weighted by molar-refractivity contribution is 0.190. The molecule has 0 bridgehead atoms. The molecule has 3 rings (SSSR count). The molecule has 1 aromatic carbocycles. The molecule has 1 aliphatic heterocycles. The van der Waals surface area contributed by atoms with E-state index in [-0.39, 0.29) is 6.04 Å². The van der Waals surface area contributed by atoms with Crippen LogP contribution in [0.25, 0.3) is 0 Å². The lowest BCUT2D eigenvalue weighted by atomic mass is 10.2. The highest BCUT2D eigenvalue weighted by Gasteiger charge is 2.25. The van der Waals surface area contributed by atoms with E-state index >= 15 is 0 Å². The third-order valence-corrected chi connectivity index (χ3v) is 4.94.